The highest BCUT2D eigenvalue weighted by Crippen LogP contribution is 2.39. The lowest BCUT2D eigenvalue weighted by atomic mass is 9.72. The zero-order valence-corrected chi connectivity index (χ0v) is 11.5. The third-order valence-corrected chi connectivity index (χ3v) is 3.52. The lowest BCUT2D eigenvalue weighted by Gasteiger charge is -2.53. The molecule has 3 nitrogen and oxygen atoms in total. The molecular formula is C13H28N2O. The molecule has 1 fully saturated rings. The second kappa shape index (κ2) is 5.03. The second-order valence-electron chi connectivity index (χ2n) is 6.33. The summed E-state index contributed by atoms with van der Waals surface area (Å²) < 4.78 is 5.63. The normalized spacial score (nSPS) is 30.6. The van der Waals surface area contributed by atoms with Crippen LogP contribution in [-0.2, 0) is 4.74 Å². The van der Waals surface area contributed by atoms with E-state index in [-0.39, 0.29) is 5.54 Å². The van der Waals surface area contributed by atoms with Gasteiger partial charge in [0.2, 0.25) is 0 Å². The van der Waals surface area contributed by atoms with E-state index in [1.807, 2.05) is 0 Å². The first-order valence-electron chi connectivity index (χ1n) is 6.36. The SMILES string of the molecule is CCOC1CC(CN)(N(C)CC(C)(C)C)C1. The van der Waals surface area contributed by atoms with Crippen molar-refractivity contribution in [2.45, 2.75) is 52.2 Å². The van der Waals surface area contributed by atoms with E-state index in [1.54, 1.807) is 0 Å². The van der Waals surface area contributed by atoms with Crippen molar-refractivity contribution >= 4 is 0 Å². The molecule has 0 bridgehead atoms. The topological polar surface area (TPSA) is 38.5 Å². The quantitative estimate of drug-likeness (QED) is 0.780. The maximum absolute atomic E-state index is 5.95. The van der Waals surface area contributed by atoms with E-state index in [0.717, 1.165) is 32.5 Å². The van der Waals surface area contributed by atoms with Crippen molar-refractivity contribution in [1.82, 2.24) is 4.90 Å². The second-order valence-corrected chi connectivity index (χ2v) is 6.33. The molecule has 0 aromatic carbocycles. The molecular weight excluding hydrogens is 200 g/mol. The first-order valence-corrected chi connectivity index (χ1v) is 6.36. The Hall–Kier alpha value is -0.120. The van der Waals surface area contributed by atoms with Gasteiger partial charge < -0.3 is 10.5 Å². The Kier molecular flexibility index (Phi) is 4.38. The highest BCUT2D eigenvalue weighted by molar-refractivity contribution is 5.04. The third-order valence-electron chi connectivity index (χ3n) is 3.52. The van der Waals surface area contributed by atoms with Gasteiger partial charge >= 0.3 is 0 Å². The number of ether oxygens (including phenoxy) is 1. The van der Waals surface area contributed by atoms with Crippen LogP contribution in [0.1, 0.15) is 40.5 Å². The molecule has 0 atom stereocenters. The first-order chi connectivity index (χ1) is 7.33. The number of hydrogen-bond donors (Lipinski definition) is 1. The molecule has 0 radical (unpaired) electrons. The zero-order valence-electron chi connectivity index (χ0n) is 11.5. The van der Waals surface area contributed by atoms with Crippen LogP contribution in [0, 0.1) is 5.41 Å². The molecule has 1 aliphatic rings. The van der Waals surface area contributed by atoms with Gasteiger partial charge in [-0.25, -0.2) is 0 Å². The molecule has 0 spiro atoms. The predicted octanol–water partition coefficient (Wildman–Crippen LogP) is 1.86. The molecule has 16 heavy (non-hydrogen) atoms. The molecule has 0 unspecified atom stereocenters. The summed E-state index contributed by atoms with van der Waals surface area (Å²) in [5.41, 5.74) is 6.46. The summed E-state index contributed by atoms with van der Waals surface area (Å²) in [7, 11) is 2.19. The van der Waals surface area contributed by atoms with Crippen molar-refractivity contribution in [2.75, 3.05) is 26.7 Å². The molecule has 0 heterocycles. The van der Waals surface area contributed by atoms with E-state index in [9.17, 15) is 0 Å². The molecule has 0 aliphatic heterocycles. The maximum atomic E-state index is 5.95. The predicted molar refractivity (Wildman–Crippen MR) is 68.5 cm³/mol. The highest BCUT2D eigenvalue weighted by Gasteiger charge is 2.47. The monoisotopic (exact) mass is 228 g/mol. The van der Waals surface area contributed by atoms with Crippen molar-refractivity contribution in [3.63, 3.8) is 0 Å². The van der Waals surface area contributed by atoms with Crippen LogP contribution in [0.2, 0.25) is 0 Å². The van der Waals surface area contributed by atoms with E-state index in [4.69, 9.17) is 10.5 Å². The summed E-state index contributed by atoms with van der Waals surface area (Å²) in [6, 6.07) is 0. The molecule has 0 aromatic rings. The number of likely N-dealkylation sites (N-methyl/N-ethyl adjacent to an activating group) is 1. The highest BCUT2D eigenvalue weighted by atomic mass is 16.5. The number of hydrogen-bond acceptors (Lipinski definition) is 3. The average Bonchev–Trinajstić information content (AvgIpc) is 2.07. The minimum absolute atomic E-state index is 0.188. The Labute approximate surface area is 100 Å². The summed E-state index contributed by atoms with van der Waals surface area (Å²) in [6.45, 7) is 11.5. The van der Waals surface area contributed by atoms with Crippen LogP contribution in [-0.4, -0.2) is 43.3 Å². The lowest BCUT2D eigenvalue weighted by Crippen LogP contribution is -2.64. The Bertz CT molecular complexity index is 216. The maximum Gasteiger partial charge on any atom is 0.0611 e. The van der Waals surface area contributed by atoms with Crippen LogP contribution in [0.15, 0.2) is 0 Å². The van der Waals surface area contributed by atoms with E-state index >= 15 is 0 Å². The largest absolute Gasteiger partial charge is 0.378 e. The average molecular weight is 228 g/mol. The van der Waals surface area contributed by atoms with Crippen molar-refractivity contribution in [3.05, 3.63) is 0 Å². The number of nitrogens with zero attached hydrogens (tertiary/aromatic N) is 1. The summed E-state index contributed by atoms with van der Waals surface area (Å²) >= 11 is 0. The van der Waals surface area contributed by atoms with E-state index in [2.05, 4.69) is 39.6 Å². The van der Waals surface area contributed by atoms with Gasteiger partial charge in [-0.15, -0.1) is 0 Å². The van der Waals surface area contributed by atoms with Crippen LogP contribution in [0.25, 0.3) is 0 Å². The van der Waals surface area contributed by atoms with Crippen LogP contribution in [0.5, 0.6) is 0 Å². The minimum Gasteiger partial charge on any atom is -0.378 e. The number of rotatable bonds is 5. The van der Waals surface area contributed by atoms with E-state index in [1.165, 1.54) is 0 Å². The molecule has 1 aliphatic carbocycles. The molecule has 3 heteroatoms. The van der Waals surface area contributed by atoms with Gasteiger partial charge in [0.1, 0.15) is 0 Å². The van der Waals surface area contributed by atoms with Gasteiger partial charge in [-0.2, -0.15) is 0 Å². The van der Waals surface area contributed by atoms with Gasteiger partial charge in [0, 0.05) is 25.2 Å². The molecule has 0 saturated heterocycles. The third kappa shape index (κ3) is 3.19. The Balaban J connectivity index is 2.50. The summed E-state index contributed by atoms with van der Waals surface area (Å²) in [5, 5.41) is 0. The van der Waals surface area contributed by atoms with E-state index < -0.39 is 0 Å². The molecule has 0 amide bonds. The smallest absolute Gasteiger partial charge is 0.0611 e. The fourth-order valence-electron chi connectivity index (χ4n) is 2.65. The van der Waals surface area contributed by atoms with Gasteiger partial charge in [-0.05, 0) is 32.2 Å². The van der Waals surface area contributed by atoms with Crippen molar-refractivity contribution in [1.29, 1.82) is 0 Å². The zero-order chi connectivity index (χ0) is 12.4. The van der Waals surface area contributed by atoms with Crippen LogP contribution in [0.4, 0.5) is 0 Å². The van der Waals surface area contributed by atoms with Crippen LogP contribution in [0.3, 0.4) is 0 Å². The van der Waals surface area contributed by atoms with Gasteiger partial charge in [0.15, 0.2) is 0 Å². The lowest BCUT2D eigenvalue weighted by molar-refractivity contribution is -0.0985. The molecule has 1 saturated carbocycles. The Morgan fingerprint density at radius 1 is 1.38 bits per heavy atom. The van der Waals surface area contributed by atoms with Crippen molar-refractivity contribution < 1.29 is 4.74 Å². The standard InChI is InChI=1S/C13H28N2O/c1-6-16-11-7-13(8-11,9-14)15(5)10-12(2,3)4/h11H,6-10,14H2,1-5H3. The number of nitrogens with two attached hydrogens (primary N) is 1. The fraction of sp³-hybridized carbons (Fsp3) is 1.00. The Morgan fingerprint density at radius 3 is 2.31 bits per heavy atom. The van der Waals surface area contributed by atoms with Crippen LogP contribution < -0.4 is 5.73 Å². The molecule has 1 rings (SSSR count). The van der Waals surface area contributed by atoms with Gasteiger partial charge in [0.05, 0.1) is 6.10 Å². The van der Waals surface area contributed by atoms with Crippen molar-refractivity contribution in [3.8, 4) is 0 Å². The van der Waals surface area contributed by atoms with Gasteiger partial charge in [0.25, 0.3) is 0 Å². The molecule has 96 valence electrons. The van der Waals surface area contributed by atoms with Crippen molar-refractivity contribution in [2.24, 2.45) is 11.1 Å². The van der Waals surface area contributed by atoms with Gasteiger partial charge in [-0.3, -0.25) is 4.90 Å². The summed E-state index contributed by atoms with van der Waals surface area (Å²) in [5.74, 6) is 0. The summed E-state index contributed by atoms with van der Waals surface area (Å²) in [6.07, 6.45) is 2.60. The Morgan fingerprint density at radius 2 is 1.94 bits per heavy atom. The van der Waals surface area contributed by atoms with Gasteiger partial charge in [-0.1, -0.05) is 20.8 Å². The first kappa shape index (κ1) is 13.9. The fourth-order valence-corrected chi connectivity index (χ4v) is 2.65. The molecule has 2 N–H and O–H groups in total. The summed E-state index contributed by atoms with van der Waals surface area (Å²) in [4.78, 5) is 2.43. The minimum atomic E-state index is 0.188. The van der Waals surface area contributed by atoms with E-state index in [0.29, 0.717) is 11.5 Å². The van der Waals surface area contributed by atoms with Crippen LogP contribution >= 0.6 is 0 Å². The molecule has 0 aromatic heterocycles.